The Morgan fingerprint density at radius 1 is 1.12 bits per heavy atom. The van der Waals surface area contributed by atoms with Crippen molar-refractivity contribution in [1.29, 1.82) is 0 Å². The van der Waals surface area contributed by atoms with Gasteiger partial charge >= 0.3 is 5.97 Å². The van der Waals surface area contributed by atoms with Crippen LogP contribution in [0.5, 0.6) is 11.5 Å². The first-order valence-electron chi connectivity index (χ1n) is 10.8. The molecule has 0 unspecified atom stereocenters. The van der Waals surface area contributed by atoms with Crippen LogP contribution in [0.2, 0.25) is 0 Å². The number of halogens is 1. The topological polar surface area (TPSA) is 94.2 Å². The van der Waals surface area contributed by atoms with Crippen LogP contribution < -0.4 is 14.2 Å². The van der Waals surface area contributed by atoms with Gasteiger partial charge in [-0.2, -0.15) is 0 Å². The number of rotatable bonds is 9. The Bertz CT molecular complexity index is 1130. The van der Waals surface area contributed by atoms with E-state index >= 15 is 0 Å². The Labute approximate surface area is 199 Å². The van der Waals surface area contributed by atoms with E-state index in [2.05, 4.69) is 14.4 Å². The SMILES string of the molecule is COC(=O)/C=C/c1cc(OC)c(OC)c(S(=O)(=O)NC2CCN(Cc3ccc(F)cc3)CC2)c1. The van der Waals surface area contributed by atoms with Crippen LogP contribution in [0, 0.1) is 5.82 Å². The number of ether oxygens (including phenoxy) is 3. The van der Waals surface area contributed by atoms with E-state index in [1.165, 1.54) is 51.7 Å². The summed E-state index contributed by atoms with van der Waals surface area (Å²) in [6, 6.07) is 9.13. The van der Waals surface area contributed by atoms with Crippen molar-refractivity contribution >= 4 is 22.1 Å². The predicted octanol–water partition coefficient (Wildman–Crippen LogP) is 2.97. The van der Waals surface area contributed by atoms with E-state index in [-0.39, 0.29) is 28.3 Å². The molecule has 1 aliphatic heterocycles. The van der Waals surface area contributed by atoms with Gasteiger partial charge in [0, 0.05) is 31.8 Å². The lowest BCUT2D eigenvalue weighted by Gasteiger charge is -2.32. The molecule has 3 rings (SSSR count). The first-order valence-corrected chi connectivity index (χ1v) is 12.2. The second-order valence-corrected chi connectivity index (χ2v) is 9.59. The van der Waals surface area contributed by atoms with Crippen molar-refractivity contribution in [3.63, 3.8) is 0 Å². The molecule has 34 heavy (non-hydrogen) atoms. The number of carbonyl (C=O) groups excluding carboxylic acids is 1. The second-order valence-electron chi connectivity index (χ2n) is 7.91. The largest absolute Gasteiger partial charge is 0.493 e. The molecule has 1 heterocycles. The lowest BCUT2D eigenvalue weighted by atomic mass is 10.1. The average Bonchev–Trinajstić information content (AvgIpc) is 2.84. The van der Waals surface area contributed by atoms with Gasteiger partial charge < -0.3 is 14.2 Å². The van der Waals surface area contributed by atoms with Gasteiger partial charge in [-0.3, -0.25) is 4.90 Å². The number of nitrogens with zero attached hydrogens (tertiary/aromatic N) is 1. The predicted molar refractivity (Wildman–Crippen MR) is 126 cm³/mol. The molecule has 1 saturated heterocycles. The number of piperidine rings is 1. The number of benzene rings is 2. The molecular weight excluding hydrogens is 463 g/mol. The maximum Gasteiger partial charge on any atom is 0.330 e. The van der Waals surface area contributed by atoms with Crippen LogP contribution in [-0.2, 0) is 26.1 Å². The summed E-state index contributed by atoms with van der Waals surface area (Å²) in [6.45, 7) is 2.08. The Hall–Kier alpha value is -2.95. The van der Waals surface area contributed by atoms with Crippen LogP contribution in [0.4, 0.5) is 4.39 Å². The molecule has 1 N–H and O–H groups in total. The number of methoxy groups -OCH3 is 3. The molecular formula is C24H29FN2O6S. The summed E-state index contributed by atoms with van der Waals surface area (Å²) in [5, 5.41) is 0. The van der Waals surface area contributed by atoms with E-state index in [1.54, 1.807) is 18.2 Å². The van der Waals surface area contributed by atoms with Crippen molar-refractivity contribution in [3.8, 4) is 11.5 Å². The maximum absolute atomic E-state index is 13.3. The van der Waals surface area contributed by atoms with Crippen LogP contribution in [-0.4, -0.2) is 59.7 Å². The Morgan fingerprint density at radius 3 is 2.38 bits per heavy atom. The Morgan fingerprint density at radius 2 is 1.79 bits per heavy atom. The van der Waals surface area contributed by atoms with E-state index in [0.717, 1.165) is 5.56 Å². The first-order chi connectivity index (χ1) is 16.2. The lowest BCUT2D eigenvalue weighted by Crippen LogP contribution is -2.44. The number of sulfonamides is 1. The van der Waals surface area contributed by atoms with Gasteiger partial charge in [0.05, 0.1) is 21.3 Å². The van der Waals surface area contributed by atoms with Crippen molar-refractivity contribution in [2.45, 2.75) is 30.3 Å². The zero-order valence-electron chi connectivity index (χ0n) is 19.4. The number of nitrogens with one attached hydrogen (secondary N) is 1. The molecule has 8 nitrogen and oxygen atoms in total. The highest BCUT2D eigenvalue weighted by Crippen LogP contribution is 2.36. The molecule has 0 radical (unpaired) electrons. The number of esters is 1. The minimum absolute atomic E-state index is 0.0763. The summed E-state index contributed by atoms with van der Waals surface area (Å²) in [6.07, 6.45) is 3.90. The fourth-order valence-corrected chi connectivity index (χ4v) is 5.34. The second kappa shape index (κ2) is 11.5. The normalized spacial score (nSPS) is 15.4. The third-order valence-corrected chi connectivity index (χ3v) is 7.12. The number of hydrogen-bond donors (Lipinski definition) is 1. The average molecular weight is 493 g/mol. The molecule has 0 aliphatic carbocycles. The van der Waals surface area contributed by atoms with E-state index < -0.39 is 16.0 Å². The highest BCUT2D eigenvalue weighted by atomic mass is 32.2. The summed E-state index contributed by atoms with van der Waals surface area (Å²) >= 11 is 0. The van der Waals surface area contributed by atoms with Gasteiger partial charge in [0.15, 0.2) is 11.5 Å². The van der Waals surface area contributed by atoms with Crippen molar-refractivity contribution in [2.24, 2.45) is 0 Å². The molecule has 0 atom stereocenters. The maximum atomic E-state index is 13.3. The molecule has 0 bridgehead atoms. The fraction of sp³-hybridized carbons (Fsp3) is 0.375. The third-order valence-electron chi connectivity index (χ3n) is 5.60. The van der Waals surface area contributed by atoms with Crippen LogP contribution in [0.1, 0.15) is 24.0 Å². The zero-order chi connectivity index (χ0) is 24.7. The Kier molecular flexibility index (Phi) is 8.65. The minimum atomic E-state index is -3.95. The van der Waals surface area contributed by atoms with Gasteiger partial charge in [0.1, 0.15) is 10.7 Å². The van der Waals surface area contributed by atoms with Crippen molar-refractivity contribution < 1.29 is 31.8 Å². The van der Waals surface area contributed by atoms with Gasteiger partial charge in [-0.15, -0.1) is 0 Å². The minimum Gasteiger partial charge on any atom is -0.493 e. The molecule has 0 spiro atoms. The fourth-order valence-electron chi connectivity index (χ4n) is 3.82. The Balaban J connectivity index is 1.73. The number of likely N-dealkylation sites (tertiary alicyclic amines) is 1. The molecule has 2 aromatic carbocycles. The van der Waals surface area contributed by atoms with Crippen molar-refractivity contribution in [2.75, 3.05) is 34.4 Å². The number of carbonyl (C=O) groups is 1. The highest BCUT2D eigenvalue weighted by molar-refractivity contribution is 7.89. The summed E-state index contributed by atoms with van der Waals surface area (Å²) in [7, 11) is 0.0866. The van der Waals surface area contributed by atoms with Crippen LogP contribution >= 0.6 is 0 Å². The highest BCUT2D eigenvalue weighted by Gasteiger charge is 2.28. The van der Waals surface area contributed by atoms with Crippen molar-refractivity contribution in [3.05, 3.63) is 59.4 Å². The van der Waals surface area contributed by atoms with Crippen LogP contribution in [0.15, 0.2) is 47.4 Å². The molecule has 10 heteroatoms. The summed E-state index contributed by atoms with van der Waals surface area (Å²) in [5.41, 5.74) is 1.45. The van der Waals surface area contributed by atoms with Gasteiger partial charge in [-0.1, -0.05) is 12.1 Å². The van der Waals surface area contributed by atoms with E-state index in [1.807, 2.05) is 0 Å². The van der Waals surface area contributed by atoms with Gasteiger partial charge in [-0.25, -0.2) is 22.3 Å². The standard InChI is InChI=1S/C24H29FN2O6S/c1-31-21-14-18(6-9-23(28)32-2)15-22(24(21)33-3)34(29,30)26-20-10-12-27(13-11-20)16-17-4-7-19(25)8-5-17/h4-9,14-15,20,26H,10-13,16H2,1-3H3/b9-6+. The summed E-state index contributed by atoms with van der Waals surface area (Å²) < 4.78 is 57.7. The van der Waals surface area contributed by atoms with Crippen LogP contribution in [0.3, 0.4) is 0 Å². The van der Waals surface area contributed by atoms with E-state index in [0.29, 0.717) is 38.0 Å². The summed E-state index contributed by atoms with van der Waals surface area (Å²) in [5.74, 6) is -0.526. The van der Waals surface area contributed by atoms with Crippen LogP contribution in [0.25, 0.3) is 6.08 Å². The van der Waals surface area contributed by atoms with Gasteiger partial charge in [0.25, 0.3) is 0 Å². The van der Waals surface area contributed by atoms with Crippen molar-refractivity contribution in [1.82, 2.24) is 9.62 Å². The summed E-state index contributed by atoms with van der Waals surface area (Å²) in [4.78, 5) is 13.6. The quantitative estimate of drug-likeness (QED) is 0.425. The smallest absolute Gasteiger partial charge is 0.330 e. The molecule has 0 amide bonds. The first kappa shape index (κ1) is 25.7. The molecule has 0 saturated carbocycles. The lowest BCUT2D eigenvalue weighted by molar-refractivity contribution is -0.134. The molecule has 2 aromatic rings. The number of hydrogen-bond acceptors (Lipinski definition) is 7. The monoisotopic (exact) mass is 492 g/mol. The van der Waals surface area contributed by atoms with E-state index in [9.17, 15) is 17.6 Å². The molecule has 1 aliphatic rings. The van der Waals surface area contributed by atoms with Gasteiger partial charge in [-0.05, 0) is 54.3 Å². The van der Waals surface area contributed by atoms with E-state index in [4.69, 9.17) is 9.47 Å². The van der Waals surface area contributed by atoms with Gasteiger partial charge in [0.2, 0.25) is 10.0 Å². The molecule has 184 valence electrons. The third kappa shape index (κ3) is 6.55. The molecule has 1 fully saturated rings. The zero-order valence-corrected chi connectivity index (χ0v) is 20.2. The molecule has 0 aromatic heterocycles.